The molecule has 0 amide bonds. The van der Waals surface area contributed by atoms with Crippen molar-refractivity contribution < 1.29 is 14.4 Å². The summed E-state index contributed by atoms with van der Waals surface area (Å²) in [6, 6.07) is 23.2. The third-order valence-electron chi connectivity index (χ3n) is 4.24. The molecular formula is C22H13N3O3S. The number of thiophene rings is 1. The molecule has 4 aromatic rings. The average molecular weight is 399 g/mol. The Kier molecular flexibility index (Phi) is 5.01. The highest BCUT2D eigenvalue weighted by Crippen LogP contribution is 2.35. The minimum Gasteiger partial charge on any atom is -0.477 e. The first kappa shape index (κ1) is 18.3. The molecule has 1 N–H and O–H groups in total. The lowest BCUT2D eigenvalue weighted by atomic mass is 10.0. The van der Waals surface area contributed by atoms with Gasteiger partial charge < -0.3 is 9.63 Å². The van der Waals surface area contributed by atoms with Crippen LogP contribution in [0.2, 0.25) is 0 Å². The predicted octanol–water partition coefficient (Wildman–Crippen LogP) is 5.12. The number of benzene rings is 2. The fraction of sp³-hybridized carbons (Fsp3) is 0. The topological polar surface area (TPSA) is 100 Å². The largest absolute Gasteiger partial charge is 0.477 e. The maximum Gasteiger partial charge on any atom is 0.346 e. The van der Waals surface area contributed by atoms with E-state index in [4.69, 9.17) is 14.9 Å². The van der Waals surface area contributed by atoms with Crippen LogP contribution in [0, 0.1) is 11.3 Å². The van der Waals surface area contributed by atoms with Gasteiger partial charge in [0.2, 0.25) is 0 Å². The lowest BCUT2D eigenvalue weighted by Gasteiger charge is -2.03. The highest BCUT2D eigenvalue weighted by molar-refractivity contribution is 7.16. The first-order valence-corrected chi connectivity index (χ1v) is 9.41. The number of hydrogen-bond acceptors (Lipinski definition) is 6. The number of aliphatic carboxylic acids is 1. The summed E-state index contributed by atoms with van der Waals surface area (Å²) in [6.07, 6.45) is 1.33. The van der Waals surface area contributed by atoms with E-state index in [1.54, 1.807) is 18.2 Å². The summed E-state index contributed by atoms with van der Waals surface area (Å²) in [5, 5.41) is 25.7. The lowest BCUT2D eigenvalue weighted by molar-refractivity contribution is -0.132. The third kappa shape index (κ3) is 3.83. The van der Waals surface area contributed by atoms with Crippen molar-refractivity contribution in [2.75, 3.05) is 0 Å². The van der Waals surface area contributed by atoms with Crippen molar-refractivity contribution >= 4 is 23.4 Å². The lowest BCUT2D eigenvalue weighted by Crippen LogP contribution is -1.96. The number of aromatic nitrogens is 2. The number of carboxylic acid groups (broad SMARTS) is 1. The molecular weight excluding hydrogens is 386 g/mol. The van der Waals surface area contributed by atoms with Crippen molar-refractivity contribution in [2.45, 2.75) is 0 Å². The van der Waals surface area contributed by atoms with Gasteiger partial charge in [-0.05, 0) is 29.3 Å². The predicted molar refractivity (Wildman–Crippen MR) is 110 cm³/mol. The van der Waals surface area contributed by atoms with Gasteiger partial charge in [-0.15, -0.1) is 16.4 Å². The number of carbonyl (C=O) groups is 1. The van der Waals surface area contributed by atoms with E-state index in [2.05, 4.69) is 10.4 Å². The SMILES string of the molecule is N#CC(=Cc1ccc(-c2nnoc2-c2ccc(-c3ccccc3)cc2)s1)C(=O)O. The Labute approximate surface area is 170 Å². The maximum absolute atomic E-state index is 11.0. The highest BCUT2D eigenvalue weighted by atomic mass is 32.1. The molecule has 2 aromatic carbocycles. The minimum absolute atomic E-state index is 0.326. The van der Waals surface area contributed by atoms with Crippen molar-refractivity contribution in [1.82, 2.24) is 10.4 Å². The first-order valence-electron chi connectivity index (χ1n) is 8.59. The second-order valence-corrected chi connectivity index (χ2v) is 7.19. The molecule has 0 saturated carbocycles. The van der Waals surface area contributed by atoms with E-state index >= 15 is 0 Å². The van der Waals surface area contributed by atoms with E-state index < -0.39 is 5.97 Å². The van der Waals surface area contributed by atoms with Gasteiger partial charge in [0.25, 0.3) is 0 Å². The molecule has 0 atom stereocenters. The van der Waals surface area contributed by atoms with E-state index in [0.29, 0.717) is 16.3 Å². The van der Waals surface area contributed by atoms with Crippen LogP contribution in [-0.4, -0.2) is 21.4 Å². The Morgan fingerprint density at radius 3 is 2.38 bits per heavy atom. The Morgan fingerprint density at radius 1 is 1.00 bits per heavy atom. The normalized spacial score (nSPS) is 11.2. The number of nitrogens with zero attached hydrogens (tertiary/aromatic N) is 3. The molecule has 0 spiro atoms. The van der Waals surface area contributed by atoms with Crippen LogP contribution in [0.3, 0.4) is 0 Å². The average Bonchev–Trinajstić information content (AvgIpc) is 3.42. The molecule has 0 radical (unpaired) electrons. The van der Waals surface area contributed by atoms with Crippen LogP contribution in [-0.2, 0) is 4.79 Å². The molecule has 4 rings (SSSR count). The molecule has 2 aromatic heterocycles. The molecule has 6 nitrogen and oxygen atoms in total. The van der Waals surface area contributed by atoms with Crippen molar-refractivity contribution in [3.63, 3.8) is 0 Å². The van der Waals surface area contributed by atoms with Crippen molar-refractivity contribution in [2.24, 2.45) is 0 Å². The smallest absolute Gasteiger partial charge is 0.346 e. The van der Waals surface area contributed by atoms with E-state index in [9.17, 15) is 4.79 Å². The van der Waals surface area contributed by atoms with Crippen molar-refractivity contribution in [3.05, 3.63) is 77.2 Å². The van der Waals surface area contributed by atoms with Gasteiger partial charge in [-0.2, -0.15) is 5.26 Å². The summed E-state index contributed by atoms with van der Waals surface area (Å²) in [6.45, 7) is 0. The van der Waals surface area contributed by atoms with E-state index in [1.165, 1.54) is 17.4 Å². The quantitative estimate of drug-likeness (QED) is 0.369. The van der Waals surface area contributed by atoms with Gasteiger partial charge in [0.1, 0.15) is 11.6 Å². The fourth-order valence-electron chi connectivity index (χ4n) is 2.83. The zero-order valence-corrected chi connectivity index (χ0v) is 15.8. The fourth-order valence-corrected chi connectivity index (χ4v) is 3.76. The third-order valence-corrected chi connectivity index (χ3v) is 5.28. The molecule has 0 unspecified atom stereocenters. The Balaban J connectivity index is 1.65. The Hall–Kier alpha value is -4.02. The number of hydrogen-bond donors (Lipinski definition) is 1. The first-order chi connectivity index (χ1) is 14.2. The summed E-state index contributed by atoms with van der Waals surface area (Å²) < 4.78 is 5.38. The summed E-state index contributed by atoms with van der Waals surface area (Å²) in [7, 11) is 0. The van der Waals surface area contributed by atoms with E-state index in [0.717, 1.165) is 21.6 Å². The van der Waals surface area contributed by atoms with Gasteiger partial charge in [0.05, 0.1) is 4.88 Å². The molecule has 0 saturated heterocycles. The van der Waals surface area contributed by atoms with Gasteiger partial charge in [0.15, 0.2) is 11.5 Å². The Bertz CT molecular complexity index is 1230. The summed E-state index contributed by atoms with van der Waals surface area (Å²) >= 11 is 1.31. The van der Waals surface area contributed by atoms with Crippen LogP contribution in [0.4, 0.5) is 0 Å². The molecule has 0 aliphatic carbocycles. The van der Waals surface area contributed by atoms with E-state index in [-0.39, 0.29) is 5.57 Å². The summed E-state index contributed by atoms with van der Waals surface area (Å²) in [4.78, 5) is 12.4. The molecule has 0 aliphatic rings. The van der Waals surface area contributed by atoms with Crippen LogP contribution in [0.25, 0.3) is 39.1 Å². The van der Waals surface area contributed by atoms with Crippen LogP contribution >= 0.6 is 11.3 Å². The zero-order valence-electron chi connectivity index (χ0n) is 14.9. The minimum atomic E-state index is -1.26. The molecule has 0 bridgehead atoms. The summed E-state index contributed by atoms with van der Waals surface area (Å²) in [5.41, 5.74) is 3.28. The molecule has 140 valence electrons. The number of rotatable bonds is 5. The number of nitriles is 1. The molecule has 7 heteroatoms. The summed E-state index contributed by atoms with van der Waals surface area (Å²) in [5.74, 6) is -0.731. The standard InChI is InChI=1S/C22H13N3O3S/c23-13-17(22(26)27)12-18-10-11-19(29-18)20-21(28-25-24-20)16-8-6-15(7-9-16)14-4-2-1-3-5-14/h1-12H,(H,26,27). The molecule has 29 heavy (non-hydrogen) atoms. The monoisotopic (exact) mass is 399 g/mol. The van der Waals surface area contributed by atoms with Gasteiger partial charge in [-0.1, -0.05) is 54.6 Å². The van der Waals surface area contributed by atoms with Crippen molar-refractivity contribution in [3.8, 4) is 39.1 Å². The number of carboxylic acids is 1. The molecule has 0 fully saturated rings. The van der Waals surface area contributed by atoms with Gasteiger partial charge in [-0.3, -0.25) is 0 Å². The zero-order chi connectivity index (χ0) is 20.2. The molecule has 2 heterocycles. The second-order valence-electron chi connectivity index (χ2n) is 6.07. The molecule has 0 aliphatic heterocycles. The van der Waals surface area contributed by atoms with Crippen LogP contribution in [0.5, 0.6) is 0 Å². The highest BCUT2D eigenvalue weighted by Gasteiger charge is 2.17. The van der Waals surface area contributed by atoms with Crippen molar-refractivity contribution in [1.29, 1.82) is 5.26 Å². The van der Waals surface area contributed by atoms with Gasteiger partial charge in [-0.25, -0.2) is 4.79 Å². The second kappa shape index (κ2) is 7.92. The van der Waals surface area contributed by atoms with Gasteiger partial charge >= 0.3 is 5.97 Å². The van der Waals surface area contributed by atoms with E-state index in [1.807, 2.05) is 54.6 Å². The van der Waals surface area contributed by atoms with Crippen LogP contribution in [0.1, 0.15) is 4.88 Å². The van der Waals surface area contributed by atoms with Gasteiger partial charge in [0, 0.05) is 15.7 Å². The maximum atomic E-state index is 11.0. The Morgan fingerprint density at radius 2 is 1.69 bits per heavy atom. The van der Waals surface area contributed by atoms with Crippen LogP contribution < -0.4 is 0 Å². The van der Waals surface area contributed by atoms with Crippen LogP contribution in [0.15, 0.2) is 76.8 Å².